The fourth-order valence-electron chi connectivity index (χ4n) is 2.24. The van der Waals surface area contributed by atoms with E-state index in [2.05, 4.69) is 10.1 Å². The molecule has 0 aliphatic carbocycles. The largest absolute Gasteiger partial charge is 0.497 e. The van der Waals surface area contributed by atoms with E-state index in [9.17, 15) is 5.11 Å². The van der Waals surface area contributed by atoms with Gasteiger partial charge in [0.2, 0.25) is 4.96 Å². The topological polar surface area (TPSA) is 68.9 Å². The van der Waals surface area contributed by atoms with Crippen LogP contribution in [0.4, 0.5) is 0 Å². The summed E-state index contributed by atoms with van der Waals surface area (Å²) in [5, 5.41) is 14.9. The smallest absolute Gasteiger partial charge is 0.213 e. The molecular weight excluding hydrogens is 290 g/mol. The minimum Gasteiger partial charge on any atom is -0.497 e. The van der Waals surface area contributed by atoms with Gasteiger partial charge >= 0.3 is 0 Å². The Morgan fingerprint density at radius 2 is 2.10 bits per heavy atom. The molecule has 7 heteroatoms. The number of nitrogens with zero attached hydrogens (tertiary/aromatic N) is 3. The van der Waals surface area contributed by atoms with Crippen molar-refractivity contribution >= 4 is 16.3 Å². The molecule has 3 aromatic rings. The third-order valence-electron chi connectivity index (χ3n) is 3.21. The first-order valence-corrected chi connectivity index (χ1v) is 7.18. The SMILES string of the molecule is COc1ccc(-c2nc3sc(C)nn3c2CO)c(OC)c1. The van der Waals surface area contributed by atoms with Gasteiger partial charge in [0, 0.05) is 11.6 Å². The predicted molar refractivity (Wildman–Crippen MR) is 80.1 cm³/mol. The molecule has 0 unspecified atom stereocenters. The number of methoxy groups -OCH3 is 2. The highest BCUT2D eigenvalue weighted by atomic mass is 32.1. The molecule has 0 amide bonds. The Bertz CT molecular complexity index is 794. The fourth-order valence-corrected chi connectivity index (χ4v) is 3.00. The molecule has 3 rings (SSSR count). The van der Waals surface area contributed by atoms with Gasteiger partial charge in [-0.3, -0.25) is 0 Å². The Balaban J connectivity index is 2.22. The van der Waals surface area contributed by atoms with Crippen LogP contribution in [0.25, 0.3) is 16.2 Å². The molecule has 1 aromatic carbocycles. The van der Waals surface area contributed by atoms with Gasteiger partial charge in [-0.15, -0.1) is 0 Å². The molecule has 0 spiro atoms. The lowest BCUT2D eigenvalue weighted by molar-refractivity contribution is 0.275. The zero-order valence-corrected chi connectivity index (χ0v) is 12.8. The zero-order valence-electron chi connectivity index (χ0n) is 12.0. The lowest BCUT2D eigenvalue weighted by Crippen LogP contribution is -1.97. The first-order chi connectivity index (χ1) is 10.2. The Labute approximate surface area is 125 Å². The molecular formula is C14H15N3O3S. The molecule has 21 heavy (non-hydrogen) atoms. The fraction of sp³-hybridized carbons (Fsp3) is 0.286. The van der Waals surface area contributed by atoms with Crippen molar-refractivity contribution in [3.63, 3.8) is 0 Å². The highest BCUT2D eigenvalue weighted by Crippen LogP contribution is 2.35. The summed E-state index contributed by atoms with van der Waals surface area (Å²) in [6.07, 6.45) is 0. The van der Waals surface area contributed by atoms with Crippen molar-refractivity contribution in [1.29, 1.82) is 0 Å². The molecule has 0 aliphatic heterocycles. The molecule has 0 radical (unpaired) electrons. The predicted octanol–water partition coefficient (Wildman–Crippen LogP) is 2.28. The summed E-state index contributed by atoms with van der Waals surface area (Å²) in [5.74, 6) is 1.35. The summed E-state index contributed by atoms with van der Waals surface area (Å²) >= 11 is 1.48. The number of ether oxygens (including phenoxy) is 2. The third kappa shape index (κ3) is 2.24. The minimum atomic E-state index is -0.144. The maximum Gasteiger partial charge on any atom is 0.213 e. The van der Waals surface area contributed by atoms with Crippen LogP contribution in [-0.4, -0.2) is 33.9 Å². The van der Waals surface area contributed by atoms with E-state index in [-0.39, 0.29) is 6.61 Å². The quantitative estimate of drug-likeness (QED) is 0.801. The van der Waals surface area contributed by atoms with E-state index in [1.807, 2.05) is 19.1 Å². The van der Waals surface area contributed by atoms with Crippen molar-refractivity contribution in [2.45, 2.75) is 13.5 Å². The highest BCUT2D eigenvalue weighted by Gasteiger charge is 2.19. The number of hydrogen-bond donors (Lipinski definition) is 1. The van der Waals surface area contributed by atoms with Crippen molar-refractivity contribution in [3.8, 4) is 22.8 Å². The molecule has 0 fully saturated rings. The highest BCUT2D eigenvalue weighted by molar-refractivity contribution is 7.16. The van der Waals surface area contributed by atoms with Crippen LogP contribution in [0.2, 0.25) is 0 Å². The van der Waals surface area contributed by atoms with Crippen LogP contribution in [0.5, 0.6) is 11.5 Å². The number of benzene rings is 1. The van der Waals surface area contributed by atoms with E-state index in [1.165, 1.54) is 11.3 Å². The van der Waals surface area contributed by atoms with Crippen molar-refractivity contribution in [2.75, 3.05) is 14.2 Å². The number of aliphatic hydroxyl groups is 1. The van der Waals surface area contributed by atoms with Gasteiger partial charge in [0.25, 0.3) is 0 Å². The molecule has 0 bridgehead atoms. The van der Waals surface area contributed by atoms with Gasteiger partial charge in [-0.1, -0.05) is 11.3 Å². The maximum absolute atomic E-state index is 9.68. The molecule has 1 N–H and O–H groups in total. The van der Waals surface area contributed by atoms with Crippen LogP contribution >= 0.6 is 11.3 Å². The average Bonchev–Trinajstić information content (AvgIpc) is 3.01. The van der Waals surface area contributed by atoms with Crippen LogP contribution in [0, 0.1) is 6.92 Å². The zero-order chi connectivity index (χ0) is 15.0. The third-order valence-corrected chi connectivity index (χ3v) is 4.03. The monoisotopic (exact) mass is 305 g/mol. The van der Waals surface area contributed by atoms with Gasteiger partial charge in [-0.05, 0) is 19.1 Å². The van der Waals surface area contributed by atoms with Gasteiger partial charge in [0.05, 0.1) is 26.5 Å². The van der Waals surface area contributed by atoms with Gasteiger partial charge in [-0.25, -0.2) is 9.50 Å². The molecule has 6 nitrogen and oxygen atoms in total. The van der Waals surface area contributed by atoms with E-state index in [4.69, 9.17) is 9.47 Å². The Kier molecular flexibility index (Phi) is 3.52. The lowest BCUT2D eigenvalue weighted by Gasteiger charge is -2.09. The number of fused-ring (bicyclic) bond motifs is 1. The second-order valence-corrected chi connectivity index (χ2v) is 5.61. The lowest BCUT2D eigenvalue weighted by atomic mass is 10.1. The number of hydrogen-bond acceptors (Lipinski definition) is 6. The molecule has 0 aliphatic rings. The summed E-state index contributed by atoms with van der Waals surface area (Å²) in [7, 11) is 3.20. The van der Waals surface area contributed by atoms with E-state index < -0.39 is 0 Å². The van der Waals surface area contributed by atoms with Gasteiger partial charge in [0.1, 0.15) is 22.2 Å². The average molecular weight is 305 g/mol. The normalized spacial score (nSPS) is 11.0. The minimum absolute atomic E-state index is 0.144. The van der Waals surface area contributed by atoms with Gasteiger partial charge in [0.15, 0.2) is 0 Å². The van der Waals surface area contributed by atoms with Crippen LogP contribution in [0.3, 0.4) is 0 Å². The summed E-state index contributed by atoms with van der Waals surface area (Å²) < 4.78 is 12.3. The molecule has 0 saturated heterocycles. The molecule has 0 atom stereocenters. The Morgan fingerprint density at radius 1 is 1.29 bits per heavy atom. The van der Waals surface area contributed by atoms with Crippen molar-refractivity contribution in [3.05, 3.63) is 28.9 Å². The number of imidazole rings is 1. The van der Waals surface area contributed by atoms with E-state index in [0.29, 0.717) is 22.9 Å². The number of aromatic nitrogens is 3. The van der Waals surface area contributed by atoms with Gasteiger partial charge < -0.3 is 14.6 Å². The first-order valence-electron chi connectivity index (χ1n) is 6.36. The van der Waals surface area contributed by atoms with E-state index in [1.54, 1.807) is 24.8 Å². The summed E-state index contributed by atoms with van der Waals surface area (Å²) in [6, 6.07) is 5.50. The van der Waals surface area contributed by atoms with Crippen molar-refractivity contribution in [1.82, 2.24) is 14.6 Å². The summed E-state index contributed by atoms with van der Waals surface area (Å²) in [5.41, 5.74) is 2.13. The number of aryl methyl sites for hydroxylation is 1. The standard InChI is InChI=1S/C14H15N3O3S/c1-8-16-17-11(7-18)13(15-14(17)21-8)10-5-4-9(19-2)6-12(10)20-3/h4-6,18H,7H2,1-3H3. The second-order valence-electron chi connectivity index (χ2n) is 4.45. The van der Waals surface area contributed by atoms with Crippen LogP contribution in [0.15, 0.2) is 18.2 Å². The van der Waals surface area contributed by atoms with Crippen molar-refractivity contribution in [2.24, 2.45) is 0 Å². The van der Waals surface area contributed by atoms with E-state index >= 15 is 0 Å². The number of aliphatic hydroxyl groups excluding tert-OH is 1. The summed E-state index contributed by atoms with van der Waals surface area (Å²) in [4.78, 5) is 5.33. The second kappa shape index (κ2) is 5.34. The first kappa shape index (κ1) is 13.8. The Hall–Kier alpha value is -2.12. The molecule has 2 heterocycles. The summed E-state index contributed by atoms with van der Waals surface area (Å²) in [6.45, 7) is 1.77. The van der Waals surface area contributed by atoms with Gasteiger partial charge in [-0.2, -0.15) is 5.10 Å². The maximum atomic E-state index is 9.68. The molecule has 2 aromatic heterocycles. The molecule has 0 saturated carbocycles. The Morgan fingerprint density at radius 3 is 2.76 bits per heavy atom. The van der Waals surface area contributed by atoms with Crippen LogP contribution in [-0.2, 0) is 6.61 Å². The van der Waals surface area contributed by atoms with E-state index in [0.717, 1.165) is 15.5 Å². The van der Waals surface area contributed by atoms with Crippen molar-refractivity contribution < 1.29 is 14.6 Å². The van der Waals surface area contributed by atoms with Crippen LogP contribution < -0.4 is 9.47 Å². The van der Waals surface area contributed by atoms with Crippen LogP contribution in [0.1, 0.15) is 10.7 Å². The molecule has 110 valence electrons. The number of rotatable bonds is 4.